The molecular weight excluding hydrogens is 383 g/mol. The highest BCUT2D eigenvalue weighted by Crippen LogP contribution is 2.47. The number of rotatable bonds is 4. The van der Waals surface area contributed by atoms with Gasteiger partial charge in [0.2, 0.25) is 0 Å². The van der Waals surface area contributed by atoms with Gasteiger partial charge in [0.1, 0.15) is 5.69 Å². The lowest BCUT2D eigenvalue weighted by atomic mass is 9.87. The molecule has 3 rings (SSSR count). The summed E-state index contributed by atoms with van der Waals surface area (Å²) in [7, 11) is -2.23. The average molecular weight is 405 g/mol. The van der Waals surface area contributed by atoms with Crippen LogP contribution in [0.1, 0.15) is 36.8 Å². The summed E-state index contributed by atoms with van der Waals surface area (Å²) in [6.07, 6.45) is 0. The fraction of sp³-hybridized carbons (Fsp3) is 0.250. The third-order valence-electron chi connectivity index (χ3n) is 4.58. The molecule has 3 N–H and O–H groups in total. The van der Waals surface area contributed by atoms with E-state index in [-0.39, 0.29) is 16.4 Å². The van der Waals surface area contributed by atoms with Gasteiger partial charge in [0.05, 0.1) is 5.30 Å². The van der Waals surface area contributed by atoms with E-state index in [1.165, 1.54) is 7.11 Å². The number of fused-ring (bicyclic) bond motifs is 1. The standard InChI is InChI=1S/C20H22ClN2O3P/c1-20(2,3)12-6-5-7-14(10-12)27(25,26-4)18-15-11-13(21)8-9-16(15)23-17(18)19(22)24/h5-11,23H,1-4H3,(H2,22,24). The summed E-state index contributed by atoms with van der Waals surface area (Å²) in [6.45, 7) is 6.22. The number of nitrogens with two attached hydrogens (primary N) is 1. The van der Waals surface area contributed by atoms with E-state index in [0.717, 1.165) is 5.56 Å². The lowest BCUT2D eigenvalue weighted by Crippen LogP contribution is -2.26. The van der Waals surface area contributed by atoms with Gasteiger partial charge in [-0.3, -0.25) is 9.36 Å². The number of aromatic amines is 1. The summed E-state index contributed by atoms with van der Waals surface area (Å²) in [5.74, 6) is -0.707. The molecule has 3 aromatic rings. The minimum Gasteiger partial charge on any atom is -0.364 e. The molecular formula is C20H22ClN2O3P. The molecule has 0 fully saturated rings. The van der Waals surface area contributed by atoms with Crippen molar-refractivity contribution in [3.63, 3.8) is 0 Å². The average Bonchev–Trinajstić information content (AvgIpc) is 3.00. The van der Waals surface area contributed by atoms with Crippen molar-refractivity contribution in [1.29, 1.82) is 0 Å². The summed E-state index contributed by atoms with van der Waals surface area (Å²) in [5, 5.41) is 1.77. The second-order valence-corrected chi connectivity index (χ2v) is 10.3. The molecule has 0 bridgehead atoms. The van der Waals surface area contributed by atoms with Crippen LogP contribution in [0.25, 0.3) is 10.9 Å². The van der Waals surface area contributed by atoms with E-state index >= 15 is 0 Å². The molecule has 1 amide bonds. The molecule has 2 aromatic carbocycles. The molecule has 0 spiro atoms. The number of amides is 1. The number of benzene rings is 2. The van der Waals surface area contributed by atoms with Crippen molar-refractivity contribution < 1.29 is 13.9 Å². The Balaban J connectivity index is 2.36. The van der Waals surface area contributed by atoms with Gasteiger partial charge in [0.15, 0.2) is 0 Å². The van der Waals surface area contributed by atoms with E-state index in [9.17, 15) is 9.36 Å². The molecule has 142 valence electrons. The molecule has 0 aliphatic rings. The van der Waals surface area contributed by atoms with Gasteiger partial charge in [-0.15, -0.1) is 0 Å². The Morgan fingerprint density at radius 2 is 1.89 bits per heavy atom. The first kappa shape index (κ1) is 19.7. The number of nitrogens with one attached hydrogen (secondary N) is 1. The zero-order chi connectivity index (χ0) is 20.0. The zero-order valence-corrected chi connectivity index (χ0v) is 17.3. The number of H-pyrrole nitrogens is 1. The van der Waals surface area contributed by atoms with Crippen LogP contribution >= 0.6 is 19.0 Å². The highest BCUT2D eigenvalue weighted by molar-refractivity contribution is 7.75. The normalized spacial score (nSPS) is 14.3. The maximum absolute atomic E-state index is 14.1. The molecule has 5 nitrogen and oxygen atoms in total. The van der Waals surface area contributed by atoms with E-state index in [0.29, 0.717) is 21.2 Å². The van der Waals surface area contributed by atoms with Gasteiger partial charge in [-0.05, 0) is 41.3 Å². The van der Waals surface area contributed by atoms with Crippen LogP contribution in [-0.2, 0) is 14.5 Å². The predicted octanol–water partition coefficient (Wildman–Crippen LogP) is 4.09. The first-order valence-electron chi connectivity index (χ1n) is 8.46. The molecule has 7 heteroatoms. The highest BCUT2D eigenvalue weighted by Gasteiger charge is 2.36. The van der Waals surface area contributed by atoms with Crippen molar-refractivity contribution in [2.45, 2.75) is 26.2 Å². The molecule has 0 aliphatic carbocycles. The fourth-order valence-corrected chi connectivity index (χ4v) is 5.49. The van der Waals surface area contributed by atoms with Gasteiger partial charge >= 0.3 is 0 Å². The highest BCUT2D eigenvalue weighted by atomic mass is 35.5. The summed E-state index contributed by atoms with van der Waals surface area (Å²) in [6, 6.07) is 12.5. The van der Waals surface area contributed by atoms with E-state index in [4.69, 9.17) is 21.9 Å². The van der Waals surface area contributed by atoms with Gasteiger partial charge in [0, 0.05) is 28.3 Å². The van der Waals surface area contributed by atoms with Gasteiger partial charge in [0.25, 0.3) is 13.3 Å². The van der Waals surface area contributed by atoms with Gasteiger partial charge < -0.3 is 15.2 Å². The van der Waals surface area contributed by atoms with Crippen molar-refractivity contribution in [3.05, 3.63) is 58.7 Å². The number of halogens is 1. The summed E-state index contributed by atoms with van der Waals surface area (Å²) >= 11 is 6.14. The first-order valence-corrected chi connectivity index (χ1v) is 10.5. The fourth-order valence-electron chi connectivity index (χ4n) is 3.12. The van der Waals surface area contributed by atoms with Crippen LogP contribution in [0.15, 0.2) is 42.5 Å². The van der Waals surface area contributed by atoms with Crippen molar-refractivity contribution in [3.8, 4) is 0 Å². The molecule has 1 atom stereocenters. The van der Waals surface area contributed by atoms with Gasteiger partial charge in [-0.2, -0.15) is 0 Å². The Labute approximate surface area is 163 Å². The van der Waals surface area contributed by atoms with Crippen LogP contribution in [0.3, 0.4) is 0 Å². The summed E-state index contributed by atoms with van der Waals surface area (Å²) in [4.78, 5) is 15.0. The van der Waals surface area contributed by atoms with Crippen molar-refractivity contribution in [2.24, 2.45) is 5.73 Å². The molecule has 1 unspecified atom stereocenters. The van der Waals surface area contributed by atoms with Crippen LogP contribution in [0, 0.1) is 0 Å². The molecule has 0 aliphatic heterocycles. The van der Waals surface area contributed by atoms with E-state index in [2.05, 4.69) is 25.8 Å². The first-order chi connectivity index (χ1) is 12.6. The van der Waals surface area contributed by atoms with Crippen molar-refractivity contribution >= 4 is 46.4 Å². The Morgan fingerprint density at radius 1 is 1.19 bits per heavy atom. The quantitative estimate of drug-likeness (QED) is 0.642. The number of aromatic nitrogens is 1. The zero-order valence-electron chi connectivity index (χ0n) is 15.7. The number of hydrogen-bond donors (Lipinski definition) is 2. The maximum Gasteiger partial charge on any atom is 0.266 e. The summed E-state index contributed by atoms with van der Waals surface area (Å²) in [5.41, 5.74) is 7.13. The van der Waals surface area contributed by atoms with Crippen molar-refractivity contribution in [2.75, 3.05) is 7.11 Å². The Kier molecular flexibility index (Phi) is 4.98. The Morgan fingerprint density at radius 3 is 2.48 bits per heavy atom. The molecule has 0 saturated carbocycles. The van der Waals surface area contributed by atoms with Crippen LogP contribution in [0.4, 0.5) is 0 Å². The minimum atomic E-state index is -3.60. The van der Waals surface area contributed by atoms with E-state index in [1.54, 1.807) is 24.3 Å². The van der Waals surface area contributed by atoms with Crippen LogP contribution in [0.5, 0.6) is 0 Å². The number of primary amides is 1. The SMILES string of the molecule is COP(=O)(c1cccc(C(C)(C)C)c1)c1c(C(N)=O)[nH]c2ccc(Cl)cc12. The monoisotopic (exact) mass is 404 g/mol. The van der Waals surface area contributed by atoms with E-state index in [1.807, 2.05) is 18.2 Å². The largest absolute Gasteiger partial charge is 0.364 e. The minimum absolute atomic E-state index is 0.0682. The topological polar surface area (TPSA) is 85.2 Å². The van der Waals surface area contributed by atoms with Crippen molar-refractivity contribution in [1.82, 2.24) is 4.98 Å². The third kappa shape index (κ3) is 3.43. The molecule has 1 heterocycles. The van der Waals surface area contributed by atoms with Gasteiger partial charge in [-0.1, -0.05) is 44.5 Å². The van der Waals surface area contributed by atoms with Crippen LogP contribution in [0.2, 0.25) is 5.02 Å². The maximum atomic E-state index is 14.1. The predicted molar refractivity (Wildman–Crippen MR) is 111 cm³/mol. The molecule has 27 heavy (non-hydrogen) atoms. The van der Waals surface area contributed by atoms with Crippen LogP contribution < -0.4 is 16.3 Å². The molecule has 1 aromatic heterocycles. The molecule has 0 radical (unpaired) electrons. The second-order valence-electron chi connectivity index (χ2n) is 7.44. The van der Waals surface area contributed by atoms with Gasteiger partial charge in [-0.25, -0.2) is 0 Å². The number of carbonyl (C=O) groups excluding carboxylic acids is 1. The summed E-state index contributed by atoms with van der Waals surface area (Å²) < 4.78 is 19.6. The van der Waals surface area contributed by atoms with E-state index < -0.39 is 13.3 Å². The third-order valence-corrected chi connectivity index (χ3v) is 7.34. The second kappa shape index (κ2) is 6.83. The van der Waals surface area contributed by atoms with Crippen LogP contribution in [-0.4, -0.2) is 18.0 Å². The molecule has 0 saturated heterocycles. The lowest BCUT2D eigenvalue weighted by Gasteiger charge is -2.23. The number of hydrogen-bond acceptors (Lipinski definition) is 3. The Bertz CT molecular complexity index is 1080. The Hall–Kier alpha value is -2.07. The smallest absolute Gasteiger partial charge is 0.266 e. The number of carbonyl (C=O) groups is 1. The lowest BCUT2D eigenvalue weighted by molar-refractivity contribution is 0.0997.